The van der Waals surface area contributed by atoms with Crippen molar-refractivity contribution in [1.82, 2.24) is 4.57 Å². The van der Waals surface area contributed by atoms with Crippen LogP contribution in [-0.4, -0.2) is 4.57 Å². The minimum absolute atomic E-state index is 0.626. The molecule has 1 heterocycles. The molecule has 0 unspecified atom stereocenters. The fourth-order valence-corrected chi connectivity index (χ4v) is 1.17. The molecule has 2 heteroatoms. The predicted octanol–water partition coefficient (Wildman–Crippen LogP) is 2.05. The second kappa shape index (κ2) is 4.57. The molecule has 74 valence electrons. The lowest BCUT2D eigenvalue weighted by molar-refractivity contribution is 0.881. The van der Waals surface area contributed by atoms with Crippen LogP contribution in [0.5, 0.6) is 0 Å². The average Bonchev–Trinajstić information content (AvgIpc) is 2.46. The van der Waals surface area contributed by atoms with Crippen LogP contribution in [0.1, 0.15) is 24.6 Å². The summed E-state index contributed by atoms with van der Waals surface area (Å²) in [5.74, 6) is 5.84. The third-order valence-electron chi connectivity index (χ3n) is 2.15. The van der Waals surface area contributed by atoms with E-state index in [9.17, 15) is 0 Å². The molecule has 0 fully saturated rings. The highest BCUT2D eigenvalue weighted by Crippen LogP contribution is 2.10. The highest BCUT2D eigenvalue weighted by molar-refractivity contribution is 5.59. The van der Waals surface area contributed by atoms with E-state index < -0.39 is 0 Å². The monoisotopic (exact) mass is 188 g/mol. The van der Waals surface area contributed by atoms with E-state index in [0.29, 0.717) is 5.70 Å². The van der Waals surface area contributed by atoms with Gasteiger partial charge in [0.25, 0.3) is 0 Å². The quantitative estimate of drug-likeness (QED) is 0.672. The standard InChI is InChI=1S/C12H16N2/c1-4-5-6-12(13)9-11-7-8-14(3)10(11)2/h7-9H,4,13H2,1-3H3/b12-9+. The Kier molecular flexibility index (Phi) is 3.41. The molecule has 1 aromatic rings. The number of hydrogen-bond donors (Lipinski definition) is 1. The molecule has 1 aromatic heterocycles. The predicted molar refractivity (Wildman–Crippen MR) is 60.4 cm³/mol. The van der Waals surface area contributed by atoms with Gasteiger partial charge < -0.3 is 10.3 Å². The van der Waals surface area contributed by atoms with Gasteiger partial charge >= 0.3 is 0 Å². The average molecular weight is 188 g/mol. The lowest BCUT2D eigenvalue weighted by Gasteiger charge is -1.96. The second-order valence-corrected chi connectivity index (χ2v) is 3.22. The molecule has 0 spiro atoms. The van der Waals surface area contributed by atoms with Crippen LogP contribution in [0.3, 0.4) is 0 Å². The van der Waals surface area contributed by atoms with Gasteiger partial charge in [-0.3, -0.25) is 0 Å². The zero-order chi connectivity index (χ0) is 10.6. The number of rotatable bonds is 1. The summed E-state index contributed by atoms with van der Waals surface area (Å²) in [7, 11) is 2.01. The van der Waals surface area contributed by atoms with Gasteiger partial charge in [-0.05, 0) is 30.6 Å². The summed E-state index contributed by atoms with van der Waals surface area (Å²) in [4.78, 5) is 0. The largest absolute Gasteiger partial charge is 0.392 e. The first kappa shape index (κ1) is 10.5. The molecule has 0 amide bonds. The van der Waals surface area contributed by atoms with Gasteiger partial charge in [0.15, 0.2) is 0 Å². The first-order valence-electron chi connectivity index (χ1n) is 4.73. The Bertz CT molecular complexity index is 400. The lowest BCUT2D eigenvalue weighted by atomic mass is 10.2. The lowest BCUT2D eigenvalue weighted by Crippen LogP contribution is -1.94. The topological polar surface area (TPSA) is 30.9 Å². The highest BCUT2D eigenvalue weighted by Gasteiger charge is 1.98. The van der Waals surface area contributed by atoms with Crippen LogP contribution in [0.25, 0.3) is 6.08 Å². The first-order chi connectivity index (χ1) is 6.65. The van der Waals surface area contributed by atoms with E-state index in [-0.39, 0.29) is 0 Å². The van der Waals surface area contributed by atoms with Crippen LogP contribution in [0.2, 0.25) is 0 Å². The molecule has 14 heavy (non-hydrogen) atoms. The molecular formula is C12H16N2. The van der Waals surface area contributed by atoms with Crippen molar-refractivity contribution in [2.75, 3.05) is 0 Å². The van der Waals surface area contributed by atoms with Crippen LogP contribution >= 0.6 is 0 Å². The molecule has 2 N–H and O–H groups in total. The Morgan fingerprint density at radius 3 is 2.86 bits per heavy atom. The van der Waals surface area contributed by atoms with Crippen molar-refractivity contribution in [3.05, 3.63) is 29.2 Å². The molecule has 0 aliphatic rings. The van der Waals surface area contributed by atoms with Crippen molar-refractivity contribution in [2.45, 2.75) is 20.3 Å². The third-order valence-corrected chi connectivity index (χ3v) is 2.15. The molecule has 0 saturated carbocycles. The number of nitrogens with zero attached hydrogens (tertiary/aromatic N) is 1. The molecule has 0 aromatic carbocycles. The van der Waals surface area contributed by atoms with Crippen LogP contribution in [0.4, 0.5) is 0 Å². The van der Waals surface area contributed by atoms with E-state index in [1.807, 2.05) is 32.3 Å². The van der Waals surface area contributed by atoms with Gasteiger partial charge in [0.2, 0.25) is 0 Å². The van der Waals surface area contributed by atoms with Gasteiger partial charge in [-0.2, -0.15) is 0 Å². The van der Waals surface area contributed by atoms with Gasteiger partial charge in [0.1, 0.15) is 0 Å². The molecular weight excluding hydrogens is 172 g/mol. The smallest absolute Gasteiger partial charge is 0.0833 e. The minimum Gasteiger partial charge on any atom is -0.392 e. The van der Waals surface area contributed by atoms with E-state index in [1.165, 1.54) is 5.69 Å². The summed E-state index contributed by atoms with van der Waals surface area (Å²) in [5, 5.41) is 0. The Morgan fingerprint density at radius 2 is 2.36 bits per heavy atom. The van der Waals surface area contributed by atoms with E-state index >= 15 is 0 Å². The van der Waals surface area contributed by atoms with Gasteiger partial charge in [-0.25, -0.2) is 0 Å². The summed E-state index contributed by atoms with van der Waals surface area (Å²) in [5.41, 5.74) is 8.71. The van der Waals surface area contributed by atoms with Crippen molar-refractivity contribution in [2.24, 2.45) is 12.8 Å². The number of nitrogens with two attached hydrogens (primary N) is 1. The van der Waals surface area contributed by atoms with E-state index in [0.717, 1.165) is 12.0 Å². The molecule has 0 aliphatic carbocycles. The molecule has 0 bridgehead atoms. The number of aromatic nitrogens is 1. The van der Waals surface area contributed by atoms with Crippen molar-refractivity contribution >= 4 is 6.08 Å². The minimum atomic E-state index is 0.626. The summed E-state index contributed by atoms with van der Waals surface area (Å²) in [6.07, 6.45) is 4.77. The maximum absolute atomic E-state index is 5.75. The molecule has 0 aliphatic heterocycles. The Morgan fingerprint density at radius 1 is 1.64 bits per heavy atom. The number of allylic oxidation sites excluding steroid dienone is 1. The highest BCUT2D eigenvalue weighted by atomic mass is 14.9. The Labute approximate surface area is 85.4 Å². The van der Waals surface area contributed by atoms with Gasteiger partial charge in [-0.15, -0.1) is 0 Å². The van der Waals surface area contributed by atoms with Crippen LogP contribution in [0.15, 0.2) is 18.0 Å². The van der Waals surface area contributed by atoms with E-state index in [4.69, 9.17) is 5.73 Å². The maximum atomic E-state index is 5.75. The van der Waals surface area contributed by atoms with Gasteiger partial charge in [-0.1, -0.05) is 12.8 Å². The molecule has 0 atom stereocenters. The second-order valence-electron chi connectivity index (χ2n) is 3.22. The van der Waals surface area contributed by atoms with Gasteiger partial charge in [0.05, 0.1) is 5.70 Å². The molecule has 1 rings (SSSR count). The number of hydrogen-bond acceptors (Lipinski definition) is 1. The van der Waals surface area contributed by atoms with E-state index in [1.54, 1.807) is 0 Å². The van der Waals surface area contributed by atoms with Crippen molar-refractivity contribution in [3.8, 4) is 11.8 Å². The van der Waals surface area contributed by atoms with Crippen molar-refractivity contribution in [1.29, 1.82) is 0 Å². The SMILES string of the molecule is CCC#C/C(N)=C\c1ccn(C)c1C. The first-order valence-corrected chi connectivity index (χ1v) is 4.73. The summed E-state index contributed by atoms with van der Waals surface area (Å²) < 4.78 is 2.06. The molecule has 0 radical (unpaired) electrons. The zero-order valence-electron chi connectivity index (χ0n) is 8.96. The Balaban J connectivity index is 2.92. The number of aryl methyl sites for hydroxylation is 1. The van der Waals surface area contributed by atoms with Crippen LogP contribution in [-0.2, 0) is 7.05 Å². The van der Waals surface area contributed by atoms with Crippen LogP contribution in [0, 0.1) is 18.8 Å². The van der Waals surface area contributed by atoms with Gasteiger partial charge in [0, 0.05) is 25.4 Å². The summed E-state index contributed by atoms with van der Waals surface area (Å²) in [6, 6.07) is 2.04. The summed E-state index contributed by atoms with van der Waals surface area (Å²) in [6.45, 7) is 4.07. The molecule has 2 nitrogen and oxygen atoms in total. The van der Waals surface area contributed by atoms with Crippen molar-refractivity contribution < 1.29 is 0 Å². The van der Waals surface area contributed by atoms with E-state index in [2.05, 4.69) is 23.3 Å². The Hall–Kier alpha value is -1.62. The maximum Gasteiger partial charge on any atom is 0.0833 e. The third kappa shape index (κ3) is 2.43. The molecule has 0 saturated heterocycles. The fourth-order valence-electron chi connectivity index (χ4n) is 1.17. The zero-order valence-corrected chi connectivity index (χ0v) is 8.96. The fraction of sp³-hybridized carbons (Fsp3) is 0.333. The van der Waals surface area contributed by atoms with Crippen LogP contribution < -0.4 is 5.73 Å². The van der Waals surface area contributed by atoms with Crippen molar-refractivity contribution in [3.63, 3.8) is 0 Å². The summed E-state index contributed by atoms with van der Waals surface area (Å²) >= 11 is 0. The normalized spacial score (nSPS) is 10.9.